The highest BCUT2D eigenvalue weighted by Crippen LogP contribution is 2.21. The van der Waals surface area contributed by atoms with E-state index in [1.54, 1.807) is 23.1 Å². The number of nitrogens with zero attached hydrogens (tertiary/aromatic N) is 7. The first-order chi connectivity index (χ1) is 15.1. The Hall–Kier alpha value is -3.95. The van der Waals surface area contributed by atoms with Gasteiger partial charge in [-0.25, -0.2) is 13.8 Å². The van der Waals surface area contributed by atoms with Crippen LogP contribution in [0, 0.1) is 11.6 Å². The van der Waals surface area contributed by atoms with Gasteiger partial charge >= 0.3 is 0 Å². The molecule has 156 valence electrons. The molecule has 0 aliphatic carbocycles. The van der Waals surface area contributed by atoms with Crippen molar-refractivity contribution in [2.45, 2.75) is 0 Å². The summed E-state index contributed by atoms with van der Waals surface area (Å²) in [4.78, 5) is 28.9. The van der Waals surface area contributed by atoms with Crippen LogP contribution in [-0.2, 0) is 0 Å². The van der Waals surface area contributed by atoms with Gasteiger partial charge in [0.2, 0.25) is 5.95 Å². The van der Waals surface area contributed by atoms with E-state index in [4.69, 9.17) is 0 Å². The summed E-state index contributed by atoms with van der Waals surface area (Å²) >= 11 is 0. The highest BCUT2D eigenvalue weighted by Gasteiger charge is 2.28. The number of carbonyl (C=O) groups excluding carboxylic acids is 1. The molecule has 0 N–H and O–H groups in total. The van der Waals surface area contributed by atoms with Crippen molar-refractivity contribution in [2.24, 2.45) is 0 Å². The van der Waals surface area contributed by atoms with Gasteiger partial charge < -0.3 is 9.80 Å². The van der Waals surface area contributed by atoms with Gasteiger partial charge in [-0.15, -0.1) is 5.10 Å². The Morgan fingerprint density at radius 2 is 1.71 bits per heavy atom. The largest absolute Gasteiger partial charge is 0.336 e. The molecule has 4 aromatic rings. The lowest BCUT2D eigenvalue weighted by Gasteiger charge is -2.34. The zero-order valence-corrected chi connectivity index (χ0v) is 16.3. The molecule has 1 aliphatic rings. The molecule has 10 heteroatoms. The summed E-state index contributed by atoms with van der Waals surface area (Å²) in [6.45, 7) is 1.46. The zero-order valence-electron chi connectivity index (χ0n) is 16.3. The molecule has 0 atom stereocenters. The molecule has 0 unspecified atom stereocenters. The average Bonchev–Trinajstić information content (AvgIpc) is 3.24. The van der Waals surface area contributed by atoms with E-state index in [0.29, 0.717) is 37.9 Å². The molecule has 4 heterocycles. The van der Waals surface area contributed by atoms with Gasteiger partial charge in [-0.2, -0.15) is 9.50 Å². The summed E-state index contributed by atoms with van der Waals surface area (Å²) in [6.07, 6.45) is 5.10. The second-order valence-corrected chi connectivity index (χ2v) is 7.07. The van der Waals surface area contributed by atoms with Crippen LogP contribution in [0.25, 0.3) is 17.0 Å². The SMILES string of the molecule is O=C(c1c(F)cccc1F)N1CCN(c2nc3nccc(-c4cccnc4)n3n2)CC1. The second-order valence-electron chi connectivity index (χ2n) is 7.07. The first-order valence-electron chi connectivity index (χ1n) is 9.72. The minimum Gasteiger partial charge on any atom is -0.336 e. The van der Waals surface area contributed by atoms with Crippen LogP contribution >= 0.6 is 0 Å². The molecule has 0 spiro atoms. The van der Waals surface area contributed by atoms with E-state index < -0.39 is 23.1 Å². The second kappa shape index (κ2) is 7.71. The van der Waals surface area contributed by atoms with Crippen LogP contribution < -0.4 is 4.90 Å². The van der Waals surface area contributed by atoms with Gasteiger partial charge in [0.05, 0.1) is 5.69 Å². The van der Waals surface area contributed by atoms with Gasteiger partial charge in [0, 0.05) is 50.3 Å². The number of piperazine rings is 1. The van der Waals surface area contributed by atoms with E-state index in [0.717, 1.165) is 23.4 Å². The Kier molecular flexibility index (Phi) is 4.73. The summed E-state index contributed by atoms with van der Waals surface area (Å²) < 4.78 is 29.6. The lowest BCUT2D eigenvalue weighted by molar-refractivity contribution is 0.0736. The fourth-order valence-corrected chi connectivity index (χ4v) is 3.62. The van der Waals surface area contributed by atoms with E-state index >= 15 is 0 Å². The van der Waals surface area contributed by atoms with Crippen LogP contribution in [0.1, 0.15) is 10.4 Å². The van der Waals surface area contributed by atoms with Gasteiger partial charge in [0.15, 0.2) is 0 Å². The summed E-state index contributed by atoms with van der Waals surface area (Å²) in [5, 5.41) is 4.59. The molecule has 3 aromatic heterocycles. The van der Waals surface area contributed by atoms with Crippen LogP contribution in [0.2, 0.25) is 0 Å². The van der Waals surface area contributed by atoms with Crippen LogP contribution in [0.3, 0.4) is 0 Å². The molecular weight excluding hydrogens is 404 g/mol. The van der Waals surface area contributed by atoms with E-state index in [1.165, 1.54) is 11.0 Å². The third-order valence-corrected chi connectivity index (χ3v) is 5.21. The number of amides is 1. The van der Waals surface area contributed by atoms with Gasteiger partial charge in [-0.05, 0) is 30.3 Å². The molecule has 1 fully saturated rings. The monoisotopic (exact) mass is 421 g/mol. The highest BCUT2D eigenvalue weighted by atomic mass is 19.1. The van der Waals surface area contributed by atoms with Crippen molar-refractivity contribution >= 4 is 17.6 Å². The van der Waals surface area contributed by atoms with Crippen molar-refractivity contribution in [1.29, 1.82) is 0 Å². The van der Waals surface area contributed by atoms with Crippen LogP contribution in [-0.4, -0.2) is 61.6 Å². The van der Waals surface area contributed by atoms with Crippen LogP contribution in [0.4, 0.5) is 14.7 Å². The lowest BCUT2D eigenvalue weighted by atomic mass is 10.1. The maximum atomic E-state index is 14.0. The first kappa shape index (κ1) is 19.0. The third kappa shape index (κ3) is 3.45. The van der Waals surface area contributed by atoms with Gasteiger partial charge in [-0.3, -0.25) is 9.78 Å². The van der Waals surface area contributed by atoms with E-state index in [9.17, 15) is 13.6 Å². The quantitative estimate of drug-likeness (QED) is 0.506. The highest BCUT2D eigenvalue weighted by molar-refractivity contribution is 5.95. The normalized spacial score (nSPS) is 14.3. The minimum absolute atomic E-state index is 0.297. The molecular formula is C21H17F2N7O. The molecule has 1 aliphatic heterocycles. The third-order valence-electron chi connectivity index (χ3n) is 5.21. The lowest BCUT2D eigenvalue weighted by Crippen LogP contribution is -2.49. The van der Waals surface area contributed by atoms with Crippen molar-refractivity contribution in [3.63, 3.8) is 0 Å². The number of halogens is 2. The molecule has 0 saturated carbocycles. The molecule has 5 rings (SSSR count). The van der Waals surface area contributed by atoms with Crippen molar-refractivity contribution in [3.8, 4) is 11.3 Å². The number of anilines is 1. The maximum absolute atomic E-state index is 14.0. The van der Waals surface area contributed by atoms with E-state index in [-0.39, 0.29) is 0 Å². The fraction of sp³-hybridized carbons (Fsp3) is 0.190. The molecule has 1 saturated heterocycles. The maximum Gasteiger partial charge on any atom is 0.259 e. The van der Waals surface area contributed by atoms with Crippen molar-refractivity contribution in [2.75, 3.05) is 31.1 Å². The Balaban J connectivity index is 1.36. The number of pyridine rings is 1. The smallest absolute Gasteiger partial charge is 0.259 e. The average molecular weight is 421 g/mol. The topological polar surface area (TPSA) is 79.5 Å². The predicted molar refractivity (Wildman–Crippen MR) is 108 cm³/mol. The molecule has 1 aromatic carbocycles. The Labute approximate surface area is 175 Å². The number of carbonyl (C=O) groups is 1. The predicted octanol–water partition coefficient (Wildman–Crippen LogP) is 2.43. The number of hydrogen-bond acceptors (Lipinski definition) is 6. The minimum atomic E-state index is -0.858. The molecule has 1 amide bonds. The molecule has 8 nitrogen and oxygen atoms in total. The van der Waals surface area contributed by atoms with Gasteiger partial charge in [0.1, 0.15) is 17.2 Å². The van der Waals surface area contributed by atoms with E-state index in [1.807, 2.05) is 23.1 Å². The summed E-state index contributed by atoms with van der Waals surface area (Å²) in [5.41, 5.74) is 1.17. The number of aromatic nitrogens is 5. The fourth-order valence-electron chi connectivity index (χ4n) is 3.62. The number of rotatable bonds is 3. The van der Waals surface area contributed by atoms with Gasteiger partial charge in [0.25, 0.3) is 11.7 Å². The zero-order chi connectivity index (χ0) is 21.4. The number of hydrogen-bond donors (Lipinski definition) is 0. The van der Waals surface area contributed by atoms with E-state index in [2.05, 4.69) is 20.1 Å². The van der Waals surface area contributed by atoms with Crippen LogP contribution in [0.5, 0.6) is 0 Å². The van der Waals surface area contributed by atoms with Gasteiger partial charge in [-0.1, -0.05) is 6.07 Å². The van der Waals surface area contributed by atoms with Crippen molar-refractivity contribution in [3.05, 3.63) is 72.2 Å². The molecule has 0 bridgehead atoms. The standard InChI is InChI=1S/C21H17F2N7O/c22-15-4-1-5-16(23)18(15)19(31)28-9-11-29(12-10-28)21-26-20-25-8-6-17(30(20)27-21)14-3-2-7-24-13-14/h1-8,13H,9-12H2. The summed E-state index contributed by atoms with van der Waals surface area (Å²) in [7, 11) is 0. The molecule has 31 heavy (non-hydrogen) atoms. The van der Waals surface area contributed by atoms with Crippen molar-refractivity contribution < 1.29 is 13.6 Å². The van der Waals surface area contributed by atoms with Crippen molar-refractivity contribution in [1.82, 2.24) is 29.5 Å². The number of fused-ring (bicyclic) bond motifs is 1. The summed E-state index contributed by atoms with van der Waals surface area (Å²) in [5.74, 6) is -1.44. The van der Waals surface area contributed by atoms with Crippen LogP contribution in [0.15, 0.2) is 55.0 Å². The first-order valence-corrected chi connectivity index (χ1v) is 9.72. The summed E-state index contributed by atoms with van der Waals surface area (Å²) in [6, 6.07) is 9.01. The Bertz CT molecular complexity index is 1230. The Morgan fingerprint density at radius 1 is 0.935 bits per heavy atom. The number of benzene rings is 1. The molecule has 0 radical (unpaired) electrons. The Morgan fingerprint density at radius 3 is 2.42 bits per heavy atom.